The van der Waals surface area contributed by atoms with Crippen LogP contribution in [0.3, 0.4) is 0 Å². The summed E-state index contributed by atoms with van der Waals surface area (Å²) in [5, 5.41) is 3.40. The van der Waals surface area contributed by atoms with Crippen molar-refractivity contribution in [2.45, 2.75) is 51.7 Å². The van der Waals surface area contributed by atoms with Crippen LogP contribution in [0.5, 0.6) is 0 Å². The Morgan fingerprint density at radius 2 is 1.94 bits per heavy atom. The molecule has 4 atom stereocenters. The van der Waals surface area contributed by atoms with E-state index in [0.717, 1.165) is 31.7 Å². The minimum atomic E-state index is 0.458. The molecule has 106 valence electrons. The zero-order valence-corrected chi connectivity index (χ0v) is 12.2. The molecular formula is C15H29NO2. The molecule has 3 heteroatoms. The highest BCUT2D eigenvalue weighted by Crippen LogP contribution is 2.30. The molecule has 1 aliphatic heterocycles. The molecule has 0 radical (unpaired) electrons. The molecule has 0 aromatic heterocycles. The molecule has 1 N–H and O–H groups in total. The van der Waals surface area contributed by atoms with E-state index in [9.17, 15) is 0 Å². The number of likely N-dealkylation sites (N-methyl/N-ethyl adjacent to an activating group) is 1. The smallest absolute Gasteiger partial charge is 0.0626 e. The van der Waals surface area contributed by atoms with Crippen LogP contribution in [0.15, 0.2) is 0 Å². The summed E-state index contributed by atoms with van der Waals surface area (Å²) in [4.78, 5) is 0. The predicted molar refractivity (Wildman–Crippen MR) is 73.7 cm³/mol. The topological polar surface area (TPSA) is 30.5 Å². The van der Waals surface area contributed by atoms with Crippen molar-refractivity contribution in [3.05, 3.63) is 0 Å². The molecule has 0 bridgehead atoms. The van der Waals surface area contributed by atoms with E-state index < -0.39 is 0 Å². The number of hydrogen-bond donors (Lipinski definition) is 1. The standard InChI is InChI=1S/C15H29NO2/c1-11-6-12(2)8-14(7-11)18-10-15(16-3)13-4-5-17-9-13/h11-16H,4-10H2,1-3H3. The molecule has 0 aromatic carbocycles. The van der Waals surface area contributed by atoms with Gasteiger partial charge in [0.05, 0.1) is 19.3 Å². The normalized spacial score (nSPS) is 38.8. The first-order chi connectivity index (χ1) is 8.69. The van der Waals surface area contributed by atoms with Gasteiger partial charge in [0.1, 0.15) is 0 Å². The van der Waals surface area contributed by atoms with Crippen molar-refractivity contribution in [1.29, 1.82) is 0 Å². The van der Waals surface area contributed by atoms with E-state index >= 15 is 0 Å². The van der Waals surface area contributed by atoms with E-state index in [-0.39, 0.29) is 0 Å². The minimum absolute atomic E-state index is 0.458. The van der Waals surface area contributed by atoms with Gasteiger partial charge in [-0.25, -0.2) is 0 Å². The summed E-state index contributed by atoms with van der Waals surface area (Å²) in [6, 6.07) is 0.458. The van der Waals surface area contributed by atoms with Crippen molar-refractivity contribution < 1.29 is 9.47 Å². The van der Waals surface area contributed by atoms with E-state index in [0.29, 0.717) is 18.1 Å². The van der Waals surface area contributed by atoms with E-state index in [1.807, 2.05) is 7.05 Å². The summed E-state index contributed by atoms with van der Waals surface area (Å²) in [6.07, 6.45) is 5.49. The maximum absolute atomic E-state index is 6.17. The second-order valence-electron chi connectivity index (χ2n) is 6.39. The van der Waals surface area contributed by atoms with Crippen LogP contribution in [-0.4, -0.2) is 39.0 Å². The second kappa shape index (κ2) is 6.88. The molecular weight excluding hydrogens is 226 g/mol. The Kier molecular flexibility index (Phi) is 5.46. The van der Waals surface area contributed by atoms with Gasteiger partial charge in [-0.3, -0.25) is 0 Å². The summed E-state index contributed by atoms with van der Waals surface area (Å²) >= 11 is 0. The van der Waals surface area contributed by atoms with Crippen molar-refractivity contribution in [3.8, 4) is 0 Å². The van der Waals surface area contributed by atoms with E-state index in [4.69, 9.17) is 9.47 Å². The molecule has 1 aliphatic carbocycles. The molecule has 2 rings (SSSR count). The lowest BCUT2D eigenvalue weighted by molar-refractivity contribution is -0.0154. The van der Waals surface area contributed by atoms with Crippen LogP contribution >= 0.6 is 0 Å². The first kappa shape index (κ1) is 14.3. The summed E-state index contributed by atoms with van der Waals surface area (Å²) in [5.74, 6) is 2.27. The van der Waals surface area contributed by atoms with Crippen molar-refractivity contribution in [3.63, 3.8) is 0 Å². The van der Waals surface area contributed by atoms with E-state index in [2.05, 4.69) is 19.2 Å². The third-order valence-corrected chi connectivity index (χ3v) is 4.55. The lowest BCUT2D eigenvalue weighted by atomic mass is 9.82. The molecule has 1 saturated carbocycles. The monoisotopic (exact) mass is 255 g/mol. The van der Waals surface area contributed by atoms with Crippen molar-refractivity contribution >= 4 is 0 Å². The van der Waals surface area contributed by atoms with Crippen molar-refractivity contribution in [1.82, 2.24) is 5.32 Å². The molecule has 3 nitrogen and oxygen atoms in total. The average Bonchev–Trinajstić information content (AvgIpc) is 2.82. The van der Waals surface area contributed by atoms with Crippen molar-refractivity contribution in [2.24, 2.45) is 17.8 Å². The Labute approximate surface area is 112 Å². The summed E-state index contributed by atoms with van der Waals surface area (Å²) in [5.41, 5.74) is 0. The fourth-order valence-electron chi connectivity index (χ4n) is 3.57. The first-order valence-corrected chi connectivity index (χ1v) is 7.55. The minimum Gasteiger partial charge on any atom is -0.381 e. The lowest BCUT2D eigenvalue weighted by Crippen LogP contribution is -2.40. The molecule has 0 spiro atoms. The summed E-state index contributed by atoms with van der Waals surface area (Å²) < 4.78 is 11.6. The van der Waals surface area contributed by atoms with Gasteiger partial charge in [0.25, 0.3) is 0 Å². The lowest BCUT2D eigenvalue weighted by Gasteiger charge is -2.33. The molecule has 0 amide bonds. The Bertz CT molecular complexity index is 231. The van der Waals surface area contributed by atoms with E-state index in [1.165, 1.54) is 25.7 Å². The molecule has 0 aromatic rings. The summed E-state index contributed by atoms with van der Waals surface area (Å²) in [6.45, 7) is 7.36. The Morgan fingerprint density at radius 1 is 1.22 bits per heavy atom. The number of rotatable bonds is 5. The first-order valence-electron chi connectivity index (χ1n) is 7.55. The number of hydrogen-bond acceptors (Lipinski definition) is 3. The molecule has 4 unspecified atom stereocenters. The van der Waals surface area contributed by atoms with Crippen LogP contribution < -0.4 is 5.32 Å². The largest absolute Gasteiger partial charge is 0.381 e. The van der Waals surface area contributed by atoms with Gasteiger partial charge < -0.3 is 14.8 Å². The fraction of sp³-hybridized carbons (Fsp3) is 1.00. The van der Waals surface area contributed by atoms with Crippen LogP contribution in [0.4, 0.5) is 0 Å². The second-order valence-corrected chi connectivity index (χ2v) is 6.39. The number of nitrogens with one attached hydrogen (secondary N) is 1. The third-order valence-electron chi connectivity index (χ3n) is 4.55. The third kappa shape index (κ3) is 3.94. The van der Waals surface area contributed by atoms with E-state index in [1.54, 1.807) is 0 Å². The van der Waals surface area contributed by atoms with Crippen LogP contribution in [0, 0.1) is 17.8 Å². The van der Waals surface area contributed by atoms with Crippen LogP contribution in [0.25, 0.3) is 0 Å². The molecule has 2 fully saturated rings. The highest BCUT2D eigenvalue weighted by molar-refractivity contribution is 4.80. The molecule has 1 heterocycles. The zero-order chi connectivity index (χ0) is 13.0. The van der Waals surface area contributed by atoms with Crippen LogP contribution in [-0.2, 0) is 9.47 Å². The Morgan fingerprint density at radius 3 is 2.50 bits per heavy atom. The molecule has 18 heavy (non-hydrogen) atoms. The molecule has 2 aliphatic rings. The summed E-state index contributed by atoms with van der Waals surface area (Å²) in [7, 11) is 2.04. The van der Waals surface area contributed by atoms with Gasteiger partial charge in [-0.1, -0.05) is 13.8 Å². The SMILES string of the molecule is CNC(COC1CC(C)CC(C)C1)C1CCOC1. The molecule has 1 saturated heterocycles. The van der Waals surface area contributed by atoms with Gasteiger partial charge in [-0.05, 0) is 44.6 Å². The highest BCUT2D eigenvalue weighted by Gasteiger charge is 2.28. The van der Waals surface area contributed by atoms with Gasteiger partial charge in [0, 0.05) is 18.6 Å². The van der Waals surface area contributed by atoms with Gasteiger partial charge in [-0.15, -0.1) is 0 Å². The van der Waals surface area contributed by atoms with Gasteiger partial charge in [-0.2, -0.15) is 0 Å². The van der Waals surface area contributed by atoms with Gasteiger partial charge in [0.2, 0.25) is 0 Å². The fourth-order valence-corrected chi connectivity index (χ4v) is 3.57. The Balaban J connectivity index is 1.74. The van der Waals surface area contributed by atoms with Crippen LogP contribution in [0.2, 0.25) is 0 Å². The average molecular weight is 255 g/mol. The quantitative estimate of drug-likeness (QED) is 0.818. The van der Waals surface area contributed by atoms with Crippen LogP contribution in [0.1, 0.15) is 39.5 Å². The maximum Gasteiger partial charge on any atom is 0.0626 e. The zero-order valence-electron chi connectivity index (χ0n) is 12.2. The maximum atomic E-state index is 6.17. The van der Waals surface area contributed by atoms with Crippen molar-refractivity contribution in [2.75, 3.05) is 26.9 Å². The van der Waals surface area contributed by atoms with Gasteiger partial charge in [0.15, 0.2) is 0 Å². The van der Waals surface area contributed by atoms with Gasteiger partial charge >= 0.3 is 0 Å². The highest BCUT2D eigenvalue weighted by atomic mass is 16.5. The number of ether oxygens (including phenoxy) is 2. The Hall–Kier alpha value is -0.120. The predicted octanol–water partition coefficient (Wildman–Crippen LogP) is 2.45.